The van der Waals surface area contributed by atoms with E-state index in [4.69, 9.17) is 5.53 Å². The van der Waals surface area contributed by atoms with E-state index in [9.17, 15) is 9.59 Å². The molecule has 1 unspecified atom stereocenters. The molecule has 18 heavy (non-hydrogen) atoms. The first-order valence-corrected chi connectivity index (χ1v) is 6.27. The standard InChI is InChI=1S/C11H17N5O2/c12-14-13-6-9-5-10(17)16(7-9)8-11(18)15-3-1-2-4-15/h9H,1-8H2. The maximum absolute atomic E-state index is 11.9. The van der Waals surface area contributed by atoms with Crippen molar-refractivity contribution in [2.45, 2.75) is 19.3 Å². The third kappa shape index (κ3) is 2.92. The average molecular weight is 251 g/mol. The van der Waals surface area contributed by atoms with Gasteiger partial charge in [0.25, 0.3) is 0 Å². The van der Waals surface area contributed by atoms with Gasteiger partial charge in [0.15, 0.2) is 0 Å². The van der Waals surface area contributed by atoms with Crippen LogP contribution in [0, 0.1) is 5.92 Å². The van der Waals surface area contributed by atoms with Crippen molar-refractivity contribution in [2.24, 2.45) is 11.0 Å². The van der Waals surface area contributed by atoms with Crippen molar-refractivity contribution in [1.82, 2.24) is 9.80 Å². The van der Waals surface area contributed by atoms with Gasteiger partial charge in [0, 0.05) is 37.5 Å². The smallest absolute Gasteiger partial charge is 0.242 e. The molecule has 0 aliphatic carbocycles. The Balaban J connectivity index is 1.84. The number of hydrogen-bond acceptors (Lipinski definition) is 3. The molecule has 0 spiro atoms. The minimum absolute atomic E-state index is 0.0133. The number of carbonyl (C=O) groups excluding carboxylic acids is 2. The van der Waals surface area contributed by atoms with Gasteiger partial charge in [-0.25, -0.2) is 0 Å². The monoisotopic (exact) mass is 251 g/mol. The minimum Gasteiger partial charge on any atom is -0.341 e. The van der Waals surface area contributed by atoms with Crippen molar-refractivity contribution >= 4 is 11.8 Å². The number of azide groups is 1. The van der Waals surface area contributed by atoms with Crippen LogP contribution in [0.5, 0.6) is 0 Å². The predicted octanol–water partition coefficient (Wildman–Crippen LogP) is 0.768. The second-order valence-electron chi connectivity index (χ2n) is 4.85. The Labute approximate surface area is 105 Å². The lowest BCUT2D eigenvalue weighted by Crippen LogP contribution is -2.39. The van der Waals surface area contributed by atoms with E-state index in [1.165, 1.54) is 0 Å². The van der Waals surface area contributed by atoms with E-state index in [1.807, 2.05) is 4.90 Å². The third-order valence-corrected chi connectivity index (χ3v) is 3.48. The number of likely N-dealkylation sites (tertiary alicyclic amines) is 2. The molecule has 1 atom stereocenters. The van der Waals surface area contributed by atoms with Crippen LogP contribution in [0.2, 0.25) is 0 Å². The van der Waals surface area contributed by atoms with E-state index in [2.05, 4.69) is 10.0 Å². The molecule has 0 radical (unpaired) electrons. The van der Waals surface area contributed by atoms with Gasteiger partial charge in [-0.3, -0.25) is 9.59 Å². The van der Waals surface area contributed by atoms with Gasteiger partial charge in [-0.05, 0) is 24.3 Å². The van der Waals surface area contributed by atoms with E-state index in [-0.39, 0.29) is 24.3 Å². The molecule has 7 nitrogen and oxygen atoms in total. The van der Waals surface area contributed by atoms with Gasteiger partial charge in [-0.15, -0.1) is 0 Å². The lowest BCUT2D eigenvalue weighted by molar-refractivity contribution is -0.137. The van der Waals surface area contributed by atoms with Crippen LogP contribution in [-0.2, 0) is 9.59 Å². The zero-order valence-electron chi connectivity index (χ0n) is 10.3. The van der Waals surface area contributed by atoms with Crippen molar-refractivity contribution in [1.29, 1.82) is 0 Å². The van der Waals surface area contributed by atoms with Crippen molar-refractivity contribution in [3.05, 3.63) is 10.4 Å². The fourth-order valence-electron chi connectivity index (χ4n) is 2.51. The van der Waals surface area contributed by atoms with E-state index in [0.29, 0.717) is 19.5 Å². The molecule has 2 heterocycles. The summed E-state index contributed by atoms with van der Waals surface area (Å²) in [6.45, 7) is 2.64. The number of amides is 2. The van der Waals surface area contributed by atoms with Crippen LogP contribution in [0.4, 0.5) is 0 Å². The molecule has 2 rings (SSSR count). The Hall–Kier alpha value is -1.75. The van der Waals surface area contributed by atoms with E-state index >= 15 is 0 Å². The summed E-state index contributed by atoms with van der Waals surface area (Å²) in [5.41, 5.74) is 8.25. The molecule has 2 saturated heterocycles. The molecule has 0 N–H and O–H groups in total. The second-order valence-corrected chi connectivity index (χ2v) is 4.85. The molecule has 0 aromatic heterocycles. The molecule has 2 aliphatic heterocycles. The van der Waals surface area contributed by atoms with Gasteiger partial charge in [-0.2, -0.15) is 0 Å². The number of nitrogens with zero attached hydrogens (tertiary/aromatic N) is 5. The largest absolute Gasteiger partial charge is 0.341 e. The van der Waals surface area contributed by atoms with Gasteiger partial charge in [0.2, 0.25) is 11.8 Å². The van der Waals surface area contributed by atoms with Crippen LogP contribution in [0.1, 0.15) is 19.3 Å². The highest BCUT2D eigenvalue weighted by Gasteiger charge is 2.31. The van der Waals surface area contributed by atoms with Gasteiger partial charge in [0.05, 0.1) is 6.54 Å². The molecule has 0 saturated carbocycles. The van der Waals surface area contributed by atoms with Crippen molar-refractivity contribution in [3.63, 3.8) is 0 Å². The van der Waals surface area contributed by atoms with Crippen molar-refractivity contribution < 1.29 is 9.59 Å². The Morgan fingerprint density at radius 2 is 2.17 bits per heavy atom. The maximum atomic E-state index is 11.9. The zero-order chi connectivity index (χ0) is 13.0. The first-order valence-electron chi connectivity index (χ1n) is 6.27. The lowest BCUT2D eigenvalue weighted by Gasteiger charge is -2.21. The second kappa shape index (κ2) is 5.73. The van der Waals surface area contributed by atoms with Crippen LogP contribution in [0.15, 0.2) is 5.11 Å². The molecule has 2 fully saturated rings. The molecule has 7 heteroatoms. The molecular formula is C11H17N5O2. The summed E-state index contributed by atoms with van der Waals surface area (Å²) in [4.78, 5) is 29.7. The Kier molecular flexibility index (Phi) is 4.04. The van der Waals surface area contributed by atoms with Crippen molar-refractivity contribution in [3.8, 4) is 0 Å². The number of carbonyl (C=O) groups is 2. The molecule has 2 aliphatic rings. The Bertz CT molecular complexity index is 385. The van der Waals surface area contributed by atoms with Crippen LogP contribution in [0.3, 0.4) is 0 Å². The Morgan fingerprint density at radius 1 is 1.44 bits per heavy atom. The molecule has 0 aromatic rings. The highest BCUT2D eigenvalue weighted by Crippen LogP contribution is 2.18. The highest BCUT2D eigenvalue weighted by atomic mass is 16.2. The van der Waals surface area contributed by atoms with Crippen LogP contribution in [0.25, 0.3) is 10.4 Å². The minimum atomic E-state index is -0.0133. The topological polar surface area (TPSA) is 89.4 Å². The number of rotatable bonds is 4. The average Bonchev–Trinajstić information content (AvgIpc) is 2.97. The van der Waals surface area contributed by atoms with Gasteiger partial charge >= 0.3 is 0 Å². The molecule has 0 bridgehead atoms. The summed E-state index contributed by atoms with van der Waals surface area (Å²) in [5, 5.41) is 3.49. The van der Waals surface area contributed by atoms with Gasteiger partial charge in [0.1, 0.15) is 0 Å². The molecular weight excluding hydrogens is 234 g/mol. The van der Waals surface area contributed by atoms with Crippen LogP contribution in [-0.4, -0.2) is 54.3 Å². The summed E-state index contributed by atoms with van der Waals surface area (Å²) in [7, 11) is 0. The fourth-order valence-corrected chi connectivity index (χ4v) is 2.51. The SMILES string of the molecule is [N-]=[N+]=NCC1CC(=O)N(CC(=O)N2CCCC2)C1. The first kappa shape index (κ1) is 12.7. The molecule has 98 valence electrons. The molecule has 0 aromatic carbocycles. The summed E-state index contributed by atoms with van der Waals surface area (Å²) in [5.74, 6) is 0.0748. The molecule has 2 amide bonds. The Morgan fingerprint density at radius 3 is 2.83 bits per heavy atom. The lowest BCUT2D eigenvalue weighted by atomic mass is 10.1. The fraction of sp³-hybridized carbons (Fsp3) is 0.818. The predicted molar refractivity (Wildman–Crippen MR) is 64.5 cm³/mol. The highest BCUT2D eigenvalue weighted by molar-refractivity contribution is 5.86. The first-order chi connectivity index (χ1) is 8.70. The maximum Gasteiger partial charge on any atom is 0.242 e. The van der Waals surface area contributed by atoms with Crippen LogP contribution >= 0.6 is 0 Å². The van der Waals surface area contributed by atoms with Crippen LogP contribution < -0.4 is 0 Å². The van der Waals surface area contributed by atoms with E-state index in [0.717, 1.165) is 25.9 Å². The third-order valence-electron chi connectivity index (χ3n) is 3.48. The summed E-state index contributed by atoms with van der Waals surface area (Å²) in [6.07, 6.45) is 2.49. The summed E-state index contributed by atoms with van der Waals surface area (Å²) < 4.78 is 0. The summed E-state index contributed by atoms with van der Waals surface area (Å²) >= 11 is 0. The van der Waals surface area contributed by atoms with E-state index < -0.39 is 0 Å². The zero-order valence-corrected chi connectivity index (χ0v) is 10.3. The summed E-state index contributed by atoms with van der Waals surface area (Å²) in [6, 6.07) is 0. The van der Waals surface area contributed by atoms with Crippen molar-refractivity contribution in [2.75, 3.05) is 32.7 Å². The van der Waals surface area contributed by atoms with Gasteiger partial charge in [-0.1, -0.05) is 5.11 Å². The normalized spacial score (nSPS) is 23.3. The van der Waals surface area contributed by atoms with E-state index in [1.54, 1.807) is 4.90 Å². The quantitative estimate of drug-likeness (QED) is 0.419. The number of hydrogen-bond donors (Lipinski definition) is 0. The van der Waals surface area contributed by atoms with Gasteiger partial charge < -0.3 is 9.80 Å².